The summed E-state index contributed by atoms with van der Waals surface area (Å²) in [5, 5.41) is 18.2. The van der Waals surface area contributed by atoms with E-state index in [9.17, 15) is 24.3 Å². The maximum Gasteiger partial charge on any atom is 0.328 e. The van der Waals surface area contributed by atoms with Gasteiger partial charge in [0, 0.05) is 24.4 Å². The fourth-order valence-electron chi connectivity index (χ4n) is 6.47. The van der Waals surface area contributed by atoms with Crippen LogP contribution >= 0.6 is 11.8 Å². The lowest BCUT2D eigenvalue weighted by Crippen LogP contribution is -2.52. The third-order valence-corrected chi connectivity index (χ3v) is 11.1. The fraction of sp³-hybridized carbons (Fsp3) is 0.667. The Labute approximate surface area is 348 Å². The monoisotopic (exact) mass is 828 g/mol. The summed E-state index contributed by atoms with van der Waals surface area (Å²) in [6.45, 7) is 6.28. The number of ether oxygens (including phenoxy) is 1. The summed E-state index contributed by atoms with van der Waals surface area (Å²) in [5.41, 5.74) is 13.2. The Morgan fingerprint density at radius 1 is 0.862 bits per heavy atom. The first-order valence-corrected chi connectivity index (χ1v) is 22.5. The number of H-pyrrole nitrogens is 1. The molecule has 0 fully saturated rings. The van der Waals surface area contributed by atoms with Crippen molar-refractivity contribution in [1.29, 1.82) is 0 Å². The lowest BCUT2D eigenvalue weighted by Gasteiger charge is -2.20. The van der Waals surface area contributed by atoms with Gasteiger partial charge in [-0.25, -0.2) is 4.79 Å². The summed E-state index contributed by atoms with van der Waals surface area (Å²) in [5.74, 6) is -0.869. The molecule has 1 aromatic carbocycles. The zero-order valence-electron chi connectivity index (χ0n) is 35.0. The van der Waals surface area contributed by atoms with E-state index >= 15 is 0 Å². The second-order valence-electron chi connectivity index (χ2n) is 15.1. The van der Waals surface area contributed by atoms with Crippen LogP contribution in [0.1, 0.15) is 142 Å². The number of aromatic amines is 1. The number of nitrogens with one attached hydrogen (secondary N) is 4. The summed E-state index contributed by atoms with van der Waals surface area (Å²) in [6, 6.07) is 4.52. The van der Waals surface area contributed by atoms with Gasteiger partial charge in [0.05, 0.1) is 19.2 Å². The average molecular weight is 828 g/mol. The lowest BCUT2D eigenvalue weighted by molar-refractivity contribution is -0.144. The van der Waals surface area contributed by atoms with Gasteiger partial charge in [0.15, 0.2) is 11.5 Å². The van der Waals surface area contributed by atoms with Gasteiger partial charge in [-0.3, -0.25) is 19.0 Å². The largest absolute Gasteiger partial charge is 0.452 e. The van der Waals surface area contributed by atoms with Crippen molar-refractivity contribution in [1.82, 2.24) is 24.8 Å². The van der Waals surface area contributed by atoms with Crippen LogP contribution in [0, 0.1) is 0 Å². The fourth-order valence-corrected chi connectivity index (χ4v) is 7.27. The van der Waals surface area contributed by atoms with Gasteiger partial charge in [-0.15, -0.1) is 11.8 Å². The van der Waals surface area contributed by atoms with Gasteiger partial charge in [-0.2, -0.15) is 9.97 Å². The van der Waals surface area contributed by atoms with Crippen molar-refractivity contribution >= 4 is 58.2 Å². The van der Waals surface area contributed by atoms with Crippen molar-refractivity contribution in [3.8, 4) is 0 Å². The summed E-state index contributed by atoms with van der Waals surface area (Å²) in [4.78, 5) is 62.3. The number of aliphatic hydroxyl groups is 1. The number of fused-ring (bicyclic) bond motifs is 1. The summed E-state index contributed by atoms with van der Waals surface area (Å²) >= 11 is 1.23. The van der Waals surface area contributed by atoms with Gasteiger partial charge in [0.2, 0.25) is 17.8 Å². The van der Waals surface area contributed by atoms with Crippen LogP contribution in [-0.2, 0) is 25.7 Å². The third kappa shape index (κ3) is 17.8. The minimum Gasteiger partial charge on any atom is -0.452 e. The highest BCUT2D eigenvalue weighted by molar-refractivity contribution is 7.99. The molecule has 58 heavy (non-hydrogen) atoms. The number of unbranched alkanes of at least 4 members (excludes halogenated alkanes) is 15. The number of anilines is 3. The quantitative estimate of drug-likeness (QED) is 0.0207. The predicted octanol–water partition coefficient (Wildman–Crippen LogP) is 6.59. The van der Waals surface area contributed by atoms with Crippen LogP contribution in [0.25, 0.3) is 11.2 Å². The SMILES string of the molecule is CCCCCCCCCCCCCCCCCC(=O)OC(C)SC[C@H](N)C(=O)N[C@@H](CO)C(=O)Nc1ccc(Cn2c(=O)[nH]c3c(N)nc(NCCCC)nc32)cc1. The predicted molar refractivity (Wildman–Crippen MR) is 235 cm³/mol. The van der Waals surface area contributed by atoms with Crippen molar-refractivity contribution in [3.63, 3.8) is 0 Å². The van der Waals surface area contributed by atoms with E-state index < -0.39 is 41.6 Å². The molecular formula is C42H69N9O6S. The van der Waals surface area contributed by atoms with Crippen molar-refractivity contribution < 1.29 is 24.2 Å². The maximum absolute atomic E-state index is 13.0. The molecule has 3 rings (SSSR count). The second-order valence-corrected chi connectivity index (χ2v) is 16.4. The van der Waals surface area contributed by atoms with Crippen LogP contribution in [0.4, 0.5) is 17.5 Å². The first-order valence-electron chi connectivity index (χ1n) is 21.4. The summed E-state index contributed by atoms with van der Waals surface area (Å²) in [7, 11) is 0. The molecule has 2 aromatic heterocycles. The highest BCUT2D eigenvalue weighted by Gasteiger charge is 2.24. The first-order chi connectivity index (χ1) is 28.1. The molecule has 0 radical (unpaired) electrons. The Bertz CT molecular complexity index is 1720. The average Bonchev–Trinajstić information content (AvgIpc) is 3.52. The Morgan fingerprint density at radius 3 is 2.03 bits per heavy atom. The van der Waals surface area contributed by atoms with Crippen molar-refractivity contribution in [2.75, 3.05) is 35.3 Å². The van der Waals surface area contributed by atoms with Gasteiger partial charge < -0.3 is 42.2 Å². The molecule has 0 aliphatic heterocycles. The minimum atomic E-state index is -1.25. The number of aliphatic hydroxyl groups excluding tert-OH is 1. The number of rotatable bonds is 31. The number of hydrogen-bond acceptors (Lipinski definition) is 12. The van der Waals surface area contributed by atoms with E-state index in [0.29, 0.717) is 35.8 Å². The summed E-state index contributed by atoms with van der Waals surface area (Å²) < 4.78 is 6.95. The molecule has 2 amide bonds. The lowest BCUT2D eigenvalue weighted by atomic mass is 10.0. The van der Waals surface area contributed by atoms with Crippen LogP contribution in [0.2, 0.25) is 0 Å². The number of aromatic nitrogens is 4. The van der Waals surface area contributed by atoms with E-state index in [-0.39, 0.29) is 24.1 Å². The molecule has 2 heterocycles. The standard InChI is InChI=1S/C42H69N9O6S/c1-4-6-8-9-10-11-12-13-14-15-16-17-18-19-20-21-35(53)57-30(3)58-29-33(43)39(54)47-34(28-52)40(55)46-32-24-22-31(23-25-32)27-51-38-36(48-42(51)56)37(44)49-41(50-38)45-26-7-5-2/h22-25,30,33-34,52H,4-21,26-29,43H2,1-3H3,(H,46,55)(H,47,54)(H,48,56)(H3,44,45,49,50)/t30?,33-,34-/m0/s1. The molecule has 9 N–H and O–H groups in total. The molecule has 0 saturated carbocycles. The molecule has 3 atom stereocenters. The number of carbonyl (C=O) groups is 3. The van der Waals surface area contributed by atoms with Crippen LogP contribution in [0.15, 0.2) is 29.1 Å². The molecule has 15 nitrogen and oxygen atoms in total. The van der Waals surface area contributed by atoms with E-state index in [2.05, 4.69) is 44.7 Å². The zero-order chi connectivity index (χ0) is 42.1. The number of esters is 1. The molecule has 0 spiro atoms. The number of nitrogens with two attached hydrogens (primary N) is 2. The van der Waals surface area contributed by atoms with Gasteiger partial charge in [-0.1, -0.05) is 122 Å². The Morgan fingerprint density at radius 2 is 1.45 bits per heavy atom. The number of amides is 2. The van der Waals surface area contributed by atoms with Crippen LogP contribution in [0.3, 0.4) is 0 Å². The van der Waals surface area contributed by atoms with Gasteiger partial charge in [0.1, 0.15) is 17.0 Å². The van der Waals surface area contributed by atoms with Crippen molar-refractivity contribution in [2.24, 2.45) is 5.73 Å². The molecule has 0 saturated heterocycles. The number of benzene rings is 1. The van der Waals surface area contributed by atoms with E-state index in [0.717, 1.165) is 37.7 Å². The van der Waals surface area contributed by atoms with E-state index in [1.54, 1.807) is 31.2 Å². The first kappa shape index (κ1) is 48.2. The molecular weight excluding hydrogens is 759 g/mol. The van der Waals surface area contributed by atoms with Crippen LogP contribution in [0.5, 0.6) is 0 Å². The molecule has 1 unspecified atom stereocenters. The molecule has 16 heteroatoms. The maximum atomic E-state index is 13.0. The normalized spacial score (nSPS) is 12.9. The minimum absolute atomic E-state index is 0.148. The summed E-state index contributed by atoms with van der Waals surface area (Å²) in [6.07, 6.45) is 21.2. The van der Waals surface area contributed by atoms with Crippen molar-refractivity contribution in [3.05, 3.63) is 40.3 Å². The van der Waals surface area contributed by atoms with E-state index in [1.165, 1.54) is 93.4 Å². The Kier molecular flexibility index (Phi) is 22.9. The molecule has 0 aliphatic rings. The molecule has 0 aliphatic carbocycles. The Hall–Kier alpha value is -4.15. The number of thioether (sulfide) groups is 1. The molecule has 324 valence electrons. The number of carbonyl (C=O) groups excluding carboxylic acids is 3. The van der Waals surface area contributed by atoms with E-state index in [4.69, 9.17) is 16.2 Å². The van der Waals surface area contributed by atoms with Crippen molar-refractivity contribution in [2.45, 2.75) is 160 Å². The highest BCUT2D eigenvalue weighted by atomic mass is 32.2. The van der Waals surface area contributed by atoms with Crippen LogP contribution < -0.4 is 33.1 Å². The van der Waals surface area contributed by atoms with Gasteiger partial charge in [-0.05, 0) is 37.5 Å². The number of hydrogen-bond donors (Lipinski definition) is 7. The number of nitrogen functional groups attached to an aromatic ring is 1. The molecule has 0 bridgehead atoms. The number of imidazole rings is 1. The smallest absolute Gasteiger partial charge is 0.328 e. The highest BCUT2D eigenvalue weighted by Crippen LogP contribution is 2.20. The van der Waals surface area contributed by atoms with Crippen LogP contribution in [-0.4, -0.2) is 78.8 Å². The van der Waals surface area contributed by atoms with E-state index in [1.807, 2.05) is 0 Å². The zero-order valence-corrected chi connectivity index (χ0v) is 35.8. The second kappa shape index (κ2) is 27.5. The Balaban J connectivity index is 1.31. The number of nitrogens with zero attached hydrogens (tertiary/aromatic N) is 3. The molecule has 3 aromatic rings. The van der Waals surface area contributed by atoms with Gasteiger partial charge >= 0.3 is 11.7 Å². The topological polar surface area (TPSA) is 232 Å². The van der Waals surface area contributed by atoms with Gasteiger partial charge in [0.25, 0.3) is 0 Å². The third-order valence-electron chi connectivity index (χ3n) is 9.97.